The standard InChI is InChI=1S/C25H26FNO5/c1-16-6-5-9-21(22(16)24(28)29)25(30,18-7-3-2-4-8-18)32-15-20-14-31-23(27-20)17-10-12-19(26)13-11-17/h5-6,9-14,18,30H,2-4,7-8,15H2,1H3,(H,28,29). The van der Waals surface area contributed by atoms with Crippen LogP contribution in [-0.2, 0) is 17.1 Å². The molecule has 7 heteroatoms. The highest BCUT2D eigenvalue weighted by Crippen LogP contribution is 2.42. The van der Waals surface area contributed by atoms with Crippen molar-refractivity contribution >= 4 is 5.97 Å². The lowest BCUT2D eigenvalue weighted by atomic mass is 9.78. The molecule has 0 saturated heterocycles. The lowest BCUT2D eigenvalue weighted by molar-refractivity contribution is -0.260. The van der Waals surface area contributed by atoms with E-state index >= 15 is 0 Å². The zero-order chi connectivity index (χ0) is 22.7. The molecule has 1 saturated carbocycles. The van der Waals surface area contributed by atoms with Crippen molar-refractivity contribution in [1.29, 1.82) is 0 Å². The third kappa shape index (κ3) is 4.45. The van der Waals surface area contributed by atoms with Gasteiger partial charge in [-0.15, -0.1) is 0 Å². The Morgan fingerprint density at radius 1 is 1.19 bits per heavy atom. The molecule has 32 heavy (non-hydrogen) atoms. The molecule has 1 atom stereocenters. The smallest absolute Gasteiger partial charge is 0.336 e. The maximum absolute atomic E-state index is 13.2. The number of carbonyl (C=O) groups is 1. The highest BCUT2D eigenvalue weighted by atomic mass is 19.1. The first kappa shape index (κ1) is 22.2. The zero-order valence-electron chi connectivity index (χ0n) is 17.9. The Morgan fingerprint density at radius 3 is 2.59 bits per heavy atom. The second kappa shape index (κ2) is 9.22. The average Bonchev–Trinajstić information content (AvgIpc) is 3.27. The van der Waals surface area contributed by atoms with Crippen LogP contribution in [0.1, 0.15) is 59.3 Å². The molecule has 2 N–H and O–H groups in total. The van der Waals surface area contributed by atoms with Crippen LogP contribution in [0.5, 0.6) is 0 Å². The van der Waals surface area contributed by atoms with Gasteiger partial charge in [0.2, 0.25) is 5.89 Å². The third-order valence-corrected chi connectivity index (χ3v) is 6.11. The molecule has 3 aromatic rings. The minimum Gasteiger partial charge on any atom is -0.478 e. The van der Waals surface area contributed by atoms with Crippen LogP contribution >= 0.6 is 0 Å². The SMILES string of the molecule is Cc1cccc(C(O)(OCc2coc(-c3ccc(F)cc3)n2)C2CCCCC2)c1C(=O)O. The van der Waals surface area contributed by atoms with Gasteiger partial charge in [-0.05, 0) is 49.6 Å². The van der Waals surface area contributed by atoms with Crippen molar-refractivity contribution in [3.05, 3.63) is 76.9 Å². The predicted octanol–water partition coefficient (Wildman–Crippen LogP) is 5.43. The molecule has 0 bridgehead atoms. The molecular formula is C25H26FNO5. The van der Waals surface area contributed by atoms with Crippen LogP contribution in [-0.4, -0.2) is 21.2 Å². The van der Waals surface area contributed by atoms with Gasteiger partial charge in [0.1, 0.15) is 17.8 Å². The number of aromatic carboxylic acids is 1. The first-order valence-corrected chi connectivity index (χ1v) is 10.8. The Balaban J connectivity index is 1.63. The predicted molar refractivity (Wildman–Crippen MR) is 115 cm³/mol. The second-order valence-corrected chi connectivity index (χ2v) is 8.27. The van der Waals surface area contributed by atoms with E-state index in [-0.39, 0.29) is 29.5 Å². The number of aryl methyl sites for hydroxylation is 1. The number of ether oxygens (including phenoxy) is 1. The number of hydrogen-bond acceptors (Lipinski definition) is 5. The molecular weight excluding hydrogens is 413 g/mol. The van der Waals surface area contributed by atoms with Gasteiger partial charge < -0.3 is 19.4 Å². The molecule has 4 rings (SSSR count). The van der Waals surface area contributed by atoms with E-state index in [1.54, 1.807) is 37.3 Å². The number of rotatable bonds is 7. The number of aliphatic hydroxyl groups is 1. The summed E-state index contributed by atoms with van der Waals surface area (Å²) in [5, 5.41) is 21.6. The Morgan fingerprint density at radius 2 is 1.91 bits per heavy atom. The maximum Gasteiger partial charge on any atom is 0.336 e. The summed E-state index contributed by atoms with van der Waals surface area (Å²) in [6.07, 6.45) is 5.88. The van der Waals surface area contributed by atoms with Crippen molar-refractivity contribution in [1.82, 2.24) is 4.98 Å². The first-order chi connectivity index (χ1) is 15.4. The summed E-state index contributed by atoms with van der Waals surface area (Å²) in [4.78, 5) is 16.4. The number of carboxylic acid groups (broad SMARTS) is 1. The molecule has 1 aliphatic carbocycles. The van der Waals surface area contributed by atoms with Gasteiger partial charge in [0.25, 0.3) is 0 Å². The van der Waals surface area contributed by atoms with E-state index in [1.807, 2.05) is 0 Å². The van der Waals surface area contributed by atoms with E-state index < -0.39 is 11.8 Å². The molecule has 0 radical (unpaired) electrons. The molecule has 0 spiro atoms. The van der Waals surface area contributed by atoms with Crippen LogP contribution in [0.15, 0.2) is 53.1 Å². The fraction of sp³-hybridized carbons (Fsp3) is 0.360. The number of halogens is 1. The number of benzene rings is 2. The van der Waals surface area contributed by atoms with E-state index in [2.05, 4.69) is 4.98 Å². The van der Waals surface area contributed by atoms with Gasteiger partial charge in [-0.2, -0.15) is 0 Å². The molecule has 0 aliphatic heterocycles. The third-order valence-electron chi connectivity index (χ3n) is 6.11. The summed E-state index contributed by atoms with van der Waals surface area (Å²) in [6.45, 7) is 1.64. The quantitative estimate of drug-likeness (QED) is 0.477. The monoisotopic (exact) mass is 439 g/mol. The summed E-state index contributed by atoms with van der Waals surface area (Å²) in [5.74, 6) is -3.15. The molecule has 0 amide bonds. The van der Waals surface area contributed by atoms with Gasteiger partial charge in [-0.3, -0.25) is 0 Å². The lowest BCUT2D eigenvalue weighted by Gasteiger charge is -2.39. The molecule has 168 valence electrons. The van der Waals surface area contributed by atoms with E-state index in [4.69, 9.17) is 9.15 Å². The first-order valence-electron chi connectivity index (χ1n) is 10.8. The number of aromatic nitrogens is 1. The molecule has 1 aliphatic rings. The van der Waals surface area contributed by atoms with Crippen molar-refractivity contribution in [3.8, 4) is 11.5 Å². The van der Waals surface area contributed by atoms with Gasteiger partial charge >= 0.3 is 5.97 Å². The minimum atomic E-state index is -1.77. The average molecular weight is 439 g/mol. The van der Waals surface area contributed by atoms with E-state index in [0.717, 1.165) is 32.1 Å². The Bertz CT molecular complexity index is 1090. The van der Waals surface area contributed by atoms with Crippen LogP contribution in [0.4, 0.5) is 4.39 Å². The molecule has 1 fully saturated rings. The summed E-state index contributed by atoms with van der Waals surface area (Å²) in [5.41, 5.74) is 1.95. The Labute approximate surface area is 185 Å². The Kier molecular flexibility index (Phi) is 6.39. The van der Waals surface area contributed by atoms with Crippen LogP contribution in [0, 0.1) is 18.7 Å². The number of carboxylic acids is 1. The lowest BCUT2D eigenvalue weighted by Crippen LogP contribution is -2.40. The molecule has 6 nitrogen and oxygen atoms in total. The summed E-state index contributed by atoms with van der Waals surface area (Å²) in [6, 6.07) is 10.8. The van der Waals surface area contributed by atoms with E-state index in [9.17, 15) is 19.4 Å². The van der Waals surface area contributed by atoms with Crippen LogP contribution in [0.2, 0.25) is 0 Å². The van der Waals surface area contributed by atoms with E-state index in [1.165, 1.54) is 18.4 Å². The van der Waals surface area contributed by atoms with Crippen molar-refractivity contribution < 1.29 is 28.6 Å². The number of nitrogens with zero attached hydrogens (tertiary/aromatic N) is 1. The Hall–Kier alpha value is -3.03. The van der Waals surface area contributed by atoms with Gasteiger partial charge in [-0.1, -0.05) is 37.5 Å². The van der Waals surface area contributed by atoms with Crippen molar-refractivity contribution in [2.45, 2.75) is 51.4 Å². The van der Waals surface area contributed by atoms with Crippen LogP contribution < -0.4 is 0 Å². The topological polar surface area (TPSA) is 92.8 Å². The highest BCUT2D eigenvalue weighted by Gasteiger charge is 2.43. The van der Waals surface area contributed by atoms with E-state index in [0.29, 0.717) is 22.7 Å². The minimum absolute atomic E-state index is 0.0627. The number of oxazole rings is 1. The second-order valence-electron chi connectivity index (χ2n) is 8.27. The van der Waals surface area contributed by atoms with Gasteiger partial charge in [0.15, 0.2) is 5.79 Å². The summed E-state index contributed by atoms with van der Waals surface area (Å²) in [7, 11) is 0. The van der Waals surface area contributed by atoms with Crippen LogP contribution in [0.3, 0.4) is 0 Å². The molecule has 1 heterocycles. The van der Waals surface area contributed by atoms with Crippen molar-refractivity contribution in [2.24, 2.45) is 5.92 Å². The fourth-order valence-electron chi connectivity index (χ4n) is 4.44. The number of hydrogen-bond donors (Lipinski definition) is 2. The van der Waals surface area contributed by atoms with Crippen molar-refractivity contribution in [2.75, 3.05) is 0 Å². The summed E-state index contributed by atoms with van der Waals surface area (Å²) < 4.78 is 24.7. The van der Waals surface area contributed by atoms with Gasteiger partial charge in [-0.25, -0.2) is 14.2 Å². The highest BCUT2D eigenvalue weighted by molar-refractivity contribution is 5.91. The van der Waals surface area contributed by atoms with Crippen LogP contribution in [0.25, 0.3) is 11.5 Å². The maximum atomic E-state index is 13.2. The zero-order valence-corrected chi connectivity index (χ0v) is 17.9. The largest absolute Gasteiger partial charge is 0.478 e. The normalized spacial score (nSPS) is 16.6. The molecule has 1 unspecified atom stereocenters. The van der Waals surface area contributed by atoms with Gasteiger partial charge in [0, 0.05) is 17.0 Å². The molecule has 2 aromatic carbocycles. The molecule has 1 aromatic heterocycles. The fourth-order valence-corrected chi connectivity index (χ4v) is 4.44. The van der Waals surface area contributed by atoms with Gasteiger partial charge in [0.05, 0.1) is 12.2 Å². The summed E-state index contributed by atoms with van der Waals surface area (Å²) >= 11 is 0. The van der Waals surface area contributed by atoms with Crippen molar-refractivity contribution in [3.63, 3.8) is 0 Å².